The predicted octanol–water partition coefficient (Wildman–Crippen LogP) is 4.90. The molecule has 1 fully saturated rings. The highest BCUT2D eigenvalue weighted by Crippen LogP contribution is 2.33. The SMILES string of the molecule is Clc1ccc2nc(-c3ccccc3CNCCN3CCCCC3)sc2c1.O=C(O)/C=C/C(=O)O. The Bertz CT molecular complexity index is 1130. The average Bonchev–Trinajstić information content (AvgIpc) is 3.25. The standard InChI is InChI=1S/C21H24ClN3S.C4H4O4/c22-17-8-9-19-20(14-17)26-21(24-19)18-7-3-2-6-16(18)15-23-10-13-25-11-4-1-5-12-25;5-3(6)1-2-4(7)8/h2-3,6-9,14,23H,1,4-5,10-13,15H2;1-2H,(H,5,6)(H,7,8)/b;2-1+. The zero-order valence-electron chi connectivity index (χ0n) is 18.7. The molecule has 0 radical (unpaired) electrons. The van der Waals surface area contributed by atoms with E-state index in [2.05, 4.69) is 34.5 Å². The molecule has 2 heterocycles. The second-order valence-corrected chi connectivity index (χ2v) is 9.34. The minimum atomic E-state index is -1.26. The number of halogens is 1. The van der Waals surface area contributed by atoms with Crippen molar-refractivity contribution in [1.29, 1.82) is 0 Å². The lowest BCUT2D eigenvalue weighted by atomic mass is 10.1. The van der Waals surface area contributed by atoms with Crippen molar-refractivity contribution in [1.82, 2.24) is 15.2 Å². The van der Waals surface area contributed by atoms with E-state index in [4.69, 9.17) is 26.8 Å². The van der Waals surface area contributed by atoms with Crippen LogP contribution in [0.4, 0.5) is 0 Å². The van der Waals surface area contributed by atoms with Crippen molar-refractivity contribution >= 4 is 45.1 Å². The fourth-order valence-electron chi connectivity index (χ4n) is 3.68. The molecule has 0 atom stereocenters. The molecule has 0 aliphatic carbocycles. The molecular formula is C25H28ClN3O4S. The zero-order chi connectivity index (χ0) is 24.3. The molecule has 3 N–H and O–H groups in total. The number of piperidine rings is 1. The first-order valence-corrected chi connectivity index (χ1v) is 12.3. The van der Waals surface area contributed by atoms with Gasteiger partial charge in [0.1, 0.15) is 5.01 Å². The van der Waals surface area contributed by atoms with Crippen molar-refractivity contribution < 1.29 is 19.8 Å². The normalized spacial score (nSPS) is 14.1. The van der Waals surface area contributed by atoms with Crippen molar-refractivity contribution in [3.8, 4) is 10.6 Å². The number of rotatable bonds is 8. The highest BCUT2D eigenvalue weighted by atomic mass is 35.5. The summed E-state index contributed by atoms with van der Waals surface area (Å²) in [5.41, 5.74) is 3.54. The summed E-state index contributed by atoms with van der Waals surface area (Å²) in [7, 11) is 0. The lowest BCUT2D eigenvalue weighted by Gasteiger charge is -2.26. The lowest BCUT2D eigenvalue weighted by Crippen LogP contribution is -2.35. The topological polar surface area (TPSA) is 103 Å². The Balaban J connectivity index is 0.000000350. The summed E-state index contributed by atoms with van der Waals surface area (Å²) in [6.07, 6.45) is 5.21. The van der Waals surface area contributed by atoms with Gasteiger partial charge in [0, 0.05) is 42.4 Å². The van der Waals surface area contributed by atoms with Gasteiger partial charge >= 0.3 is 11.9 Å². The molecule has 0 spiro atoms. The van der Waals surface area contributed by atoms with Gasteiger partial charge in [0.05, 0.1) is 10.2 Å². The summed E-state index contributed by atoms with van der Waals surface area (Å²) in [5, 5.41) is 21.1. The number of aliphatic carboxylic acids is 2. The number of aromatic nitrogens is 1. The summed E-state index contributed by atoms with van der Waals surface area (Å²) in [6.45, 7) is 5.56. The van der Waals surface area contributed by atoms with E-state index in [0.717, 1.165) is 39.9 Å². The van der Waals surface area contributed by atoms with Gasteiger partial charge in [-0.1, -0.05) is 42.3 Å². The Morgan fingerprint density at radius 3 is 2.47 bits per heavy atom. The van der Waals surface area contributed by atoms with Crippen molar-refractivity contribution in [2.75, 3.05) is 26.2 Å². The van der Waals surface area contributed by atoms with Gasteiger partial charge in [0.25, 0.3) is 0 Å². The number of carbonyl (C=O) groups is 2. The van der Waals surface area contributed by atoms with Crippen molar-refractivity contribution in [2.24, 2.45) is 0 Å². The fraction of sp³-hybridized carbons (Fsp3) is 0.320. The molecule has 2 aromatic carbocycles. The van der Waals surface area contributed by atoms with Gasteiger partial charge in [-0.25, -0.2) is 14.6 Å². The van der Waals surface area contributed by atoms with Crippen LogP contribution < -0.4 is 5.32 Å². The Labute approximate surface area is 207 Å². The van der Waals surface area contributed by atoms with Gasteiger partial charge in [0.15, 0.2) is 0 Å². The average molecular weight is 502 g/mol. The van der Waals surface area contributed by atoms with Gasteiger partial charge in [-0.05, 0) is 49.7 Å². The van der Waals surface area contributed by atoms with Crippen LogP contribution in [0, 0.1) is 0 Å². The molecule has 180 valence electrons. The summed E-state index contributed by atoms with van der Waals surface area (Å²) in [5.74, 6) is -2.51. The van der Waals surface area contributed by atoms with Crippen LogP contribution in [0.25, 0.3) is 20.8 Å². The predicted molar refractivity (Wildman–Crippen MR) is 136 cm³/mol. The molecule has 0 amide bonds. The molecule has 1 aliphatic rings. The van der Waals surface area contributed by atoms with Gasteiger partial charge in [0.2, 0.25) is 0 Å². The molecule has 0 saturated carbocycles. The molecule has 34 heavy (non-hydrogen) atoms. The quantitative estimate of drug-likeness (QED) is 0.298. The highest BCUT2D eigenvalue weighted by molar-refractivity contribution is 7.21. The third kappa shape index (κ3) is 8.22. The van der Waals surface area contributed by atoms with Crippen LogP contribution in [-0.2, 0) is 16.1 Å². The van der Waals surface area contributed by atoms with E-state index in [-0.39, 0.29) is 0 Å². The van der Waals surface area contributed by atoms with Crippen molar-refractivity contribution in [3.63, 3.8) is 0 Å². The van der Waals surface area contributed by atoms with E-state index in [0.29, 0.717) is 12.2 Å². The summed E-state index contributed by atoms with van der Waals surface area (Å²) in [6, 6.07) is 14.5. The molecule has 0 unspecified atom stereocenters. The number of nitrogens with one attached hydrogen (secondary N) is 1. The van der Waals surface area contributed by atoms with E-state index in [1.54, 1.807) is 11.3 Å². The highest BCUT2D eigenvalue weighted by Gasteiger charge is 2.12. The van der Waals surface area contributed by atoms with Crippen molar-refractivity contribution in [2.45, 2.75) is 25.8 Å². The number of benzene rings is 2. The van der Waals surface area contributed by atoms with Crippen LogP contribution in [0.15, 0.2) is 54.6 Å². The summed E-state index contributed by atoms with van der Waals surface area (Å²) in [4.78, 5) is 26.5. The first kappa shape index (κ1) is 25.8. The number of hydrogen-bond acceptors (Lipinski definition) is 6. The van der Waals surface area contributed by atoms with E-state index >= 15 is 0 Å². The van der Waals surface area contributed by atoms with Gasteiger partial charge in [-0.3, -0.25) is 0 Å². The summed E-state index contributed by atoms with van der Waals surface area (Å²) < 4.78 is 1.14. The largest absolute Gasteiger partial charge is 0.478 e. The number of carboxylic acid groups (broad SMARTS) is 2. The van der Waals surface area contributed by atoms with Crippen LogP contribution in [0.2, 0.25) is 5.02 Å². The summed E-state index contributed by atoms with van der Waals surface area (Å²) >= 11 is 7.83. The Morgan fingerprint density at radius 1 is 1.06 bits per heavy atom. The molecule has 1 saturated heterocycles. The maximum Gasteiger partial charge on any atom is 0.328 e. The first-order chi connectivity index (χ1) is 16.4. The lowest BCUT2D eigenvalue weighted by molar-refractivity contribution is -0.134. The second kappa shape index (κ2) is 13.2. The third-order valence-electron chi connectivity index (χ3n) is 5.34. The molecular weight excluding hydrogens is 474 g/mol. The second-order valence-electron chi connectivity index (χ2n) is 7.88. The molecule has 4 rings (SSSR count). The van der Waals surface area contributed by atoms with E-state index in [9.17, 15) is 9.59 Å². The van der Waals surface area contributed by atoms with Crippen LogP contribution in [-0.4, -0.2) is 58.2 Å². The fourth-order valence-corrected chi connectivity index (χ4v) is 4.98. The van der Waals surface area contributed by atoms with Gasteiger partial charge < -0.3 is 20.4 Å². The number of likely N-dealkylation sites (tertiary alicyclic amines) is 1. The number of carboxylic acids is 2. The molecule has 7 nitrogen and oxygen atoms in total. The number of nitrogens with zero attached hydrogens (tertiary/aromatic N) is 2. The maximum absolute atomic E-state index is 9.55. The maximum atomic E-state index is 9.55. The first-order valence-electron chi connectivity index (χ1n) is 11.1. The molecule has 9 heteroatoms. The molecule has 3 aromatic rings. The Morgan fingerprint density at radius 2 is 1.76 bits per heavy atom. The molecule has 1 aliphatic heterocycles. The van der Waals surface area contributed by atoms with Crippen LogP contribution in [0.3, 0.4) is 0 Å². The van der Waals surface area contributed by atoms with E-state index in [1.807, 2.05) is 18.2 Å². The third-order valence-corrected chi connectivity index (χ3v) is 6.62. The zero-order valence-corrected chi connectivity index (χ0v) is 20.3. The molecule has 1 aromatic heterocycles. The Kier molecular flexibility index (Phi) is 10.0. The molecule has 0 bridgehead atoms. The van der Waals surface area contributed by atoms with Crippen LogP contribution >= 0.6 is 22.9 Å². The van der Waals surface area contributed by atoms with Crippen LogP contribution in [0.5, 0.6) is 0 Å². The number of fused-ring (bicyclic) bond motifs is 1. The van der Waals surface area contributed by atoms with Crippen molar-refractivity contribution in [3.05, 3.63) is 65.2 Å². The monoisotopic (exact) mass is 501 g/mol. The number of thiazole rings is 1. The Hall–Kier alpha value is -2.78. The minimum Gasteiger partial charge on any atom is -0.478 e. The number of hydrogen-bond donors (Lipinski definition) is 3. The van der Waals surface area contributed by atoms with E-state index < -0.39 is 11.9 Å². The minimum absolute atomic E-state index is 0.558. The van der Waals surface area contributed by atoms with Crippen LogP contribution in [0.1, 0.15) is 24.8 Å². The van der Waals surface area contributed by atoms with Gasteiger partial charge in [-0.2, -0.15) is 0 Å². The van der Waals surface area contributed by atoms with Gasteiger partial charge in [-0.15, -0.1) is 11.3 Å². The smallest absolute Gasteiger partial charge is 0.328 e. The van der Waals surface area contributed by atoms with E-state index in [1.165, 1.54) is 43.5 Å².